The van der Waals surface area contributed by atoms with Crippen molar-refractivity contribution in [1.82, 2.24) is 15.0 Å². The predicted octanol–water partition coefficient (Wildman–Crippen LogP) is 11.4. The zero-order chi connectivity index (χ0) is 32.4. The fraction of sp³-hybridized carbons (Fsp3) is 0.114. The second-order valence-electron chi connectivity index (χ2n) is 13.2. The summed E-state index contributed by atoms with van der Waals surface area (Å²) in [5, 5.41) is 2.28. The van der Waals surface area contributed by atoms with Gasteiger partial charge in [0.05, 0.1) is 0 Å². The molecule has 0 fully saturated rings. The third-order valence-electron chi connectivity index (χ3n) is 10.3. The molecule has 0 bridgehead atoms. The SMILES string of the molecule is CC(C)C1(C)c2ccccc2-c2cc3c(cc21)oc1c(-c2ccc(-c4nc(-c5ccccc5)nc(-c5ccccc5)n4)cc2)cccc13. The van der Waals surface area contributed by atoms with Crippen LogP contribution in [0, 0.1) is 5.92 Å². The van der Waals surface area contributed by atoms with Crippen molar-refractivity contribution in [2.45, 2.75) is 26.2 Å². The van der Waals surface area contributed by atoms with Crippen LogP contribution in [-0.4, -0.2) is 15.0 Å². The first-order valence-corrected chi connectivity index (χ1v) is 16.6. The van der Waals surface area contributed by atoms with Crippen LogP contribution in [-0.2, 0) is 5.41 Å². The molecule has 2 aromatic heterocycles. The Kier molecular flexibility index (Phi) is 6.41. The molecular formula is C44H33N3O. The molecule has 48 heavy (non-hydrogen) atoms. The molecule has 0 saturated carbocycles. The topological polar surface area (TPSA) is 51.8 Å². The molecule has 4 nitrogen and oxygen atoms in total. The van der Waals surface area contributed by atoms with E-state index in [0.29, 0.717) is 23.4 Å². The molecule has 1 unspecified atom stereocenters. The highest BCUT2D eigenvalue weighted by Crippen LogP contribution is 2.54. The maximum absolute atomic E-state index is 6.75. The van der Waals surface area contributed by atoms with Gasteiger partial charge in [0.15, 0.2) is 17.5 Å². The number of fused-ring (bicyclic) bond motifs is 6. The lowest BCUT2D eigenvalue weighted by Gasteiger charge is -2.31. The molecule has 230 valence electrons. The van der Waals surface area contributed by atoms with E-state index in [1.165, 1.54) is 22.3 Å². The fourth-order valence-electron chi connectivity index (χ4n) is 7.40. The lowest BCUT2D eigenvalue weighted by atomic mass is 9.71. The second-order valence-corrected chi connectivity index (χ2v) is 13.2. The van der Waals surface area contributed by atoms with Gasteiger partial charge in [0.1, 0.15) is 11.2 Å². The van der Waals surface area contributed by atoms with Crippen molar-refractivity contribution in [3.63, 3.8) is 0 Å². The minimum absolute atomic E-state index is 0.0759. The summed E-state index contributed by atoms with van der Waals surface area (Å²) in [5.74, 6) is 2.38. The minimum Gasteiger partial charge on any atom is -0.455 e. The van der Waals surface area contributed by atoms with E-state index in [9.17, 15) is 0 Å². The van der Waals surface area contributed by atoms with E-state index in [0.717, 1.165) is 49.8 Å². The van der Waals surface area contributed by atoms with Crippen molar-refractivity contribution in [3.8, 4) is 56.4 Å². The number of hydrogen-bond donors (Lipinski definition) is 0. The number of furan rings is 1. The number of aromatic nitrogens is 3. The highest BCUT2D eigenvalue weighted by atomic mass is 16.3. The van der Waals surface area contributed by atoms with Crippen molar-refractivity contribution in [2.24, 2.45) is 5.92 Å². The van der Waals surface area contributed by atoms with E-state index < -0.39 is 0 Å². The second kappa shape index (κ2) is 10.9. The highest BCUT2D eigenvalue weighted by molar-refractivity contribution is 6.11. The van der Waals surface area contributed by atoms with Crippen LogP contribution >= 0.6 is 0 Å². The highest BCUT2D eigenvalue weighted by Gasteiger charge is 2.42. The quantitative estimate of drug-likeness (QED) is 0.192. The van der Waals surface area contributed by atoms with E-state index in [4.69, 9.17) is 19.4 Å². The van der Waals surface area contributed by atoms with Gasteiger partial charge in [-0.2, -0.15) is 0 Å². The molecule has 6 aromatic carbocycles. The number of nitrogens with zero attached hydrogens (tertiary/aromatic N) is 3. The number of para-hydroxylation sites is 1. The molecule has 0 spiro atoms. The van der Waals surface area contributed by atoms with Gasteiger partial charge in [0, 0.05) is 38.4 Å². The summed E-state index contributed by atoms with van der Waals surface area (Å²) in [6.07, 6.45) is 0. The summed E-state index contributed by atoms with van der Waals surface area (Å²) >= 11 is 0. The van der Waals surface area contributed by atoms with E-state index in [2.05, 4.69) is 99.6 Å². The Balaban J connectivity index is 1.15. The van der Waals surface area contributed by atoms with Gasteiger partial charge in [0.25, 0.3) is 0 Å². The largest absolute Gasteiger partial charge is 0.455 e. The molecular weight excluding hydrogens is 587 g/mol. The third kappa shape index (κ3) is 4.33. The maximum atomic E-state index is 6.75. The van der Waals surface area contributed by atoms with Crippen LogP contribution in [0.4, 0.5) is 0 Å². The third-order valence-corrected chi connectivity index (χ3v) is 10.3. The first-order valence-electron chi connectivity index (χ1n) is 16.6. The molecule has 8 aromatic rings. The molecule has 4 heteroatoms. The van der Waals surface area contributed by atoms with Gasteiger partial charge in [-0.1, -0.05) is 148 Å². The number of hydrogen-bond acceptors (Lipinski definition) is 4. The van der Waals surface area contributed by atoms with Gasteiger partial charge in [-0.3, -0.25) is 0 Å². The van der Waals surface area contributed by atoms with Crippen molar-refractivity contribution >= 4 is 21.9 Å². The Bertz CT molecular complexity index is 2420. The first kappa shape index (κ1) is 28.4. The fourth-order valence-corrected chi connectivity index (χ4v) is 7.40. The van der Waals surface area contributed by atoms with Crippen LogP contribution in [0.5, 0.6) is 0 Å². The normalized spacial score (nSPS) is 15.2. The monoisotopic (exact) mass is 619 g/mol. The Morgan fingerprint density at radius 1 is 0.479 bits per heavy atom. The Morgan fingerprint density at radius 2 is 1.02 bits per heavy atom. The molecule has 1 aliphatic rings. The lowest BCUT2D eigenvalue weighted by Crippen LogP contribution is -2.27. The molecule has 0 saturated heterocycles. The van der Waals surface area contributed by atoms with Gasteiger partial charge in [-0.25, -0.2) is 15.0 Å². The van der Waals surface area contributed by atoms with Crippen LogP contribution in [0.25, 0.3) is 78.4 Å². The van der Waals surface area contributed by atoms with Crippen LogP contribution in [0.3, 0.4) is 0 Å². The smallest absolute Gasteiger partial charge is 0.164 e. The van der Waals surface area contributed by atoms with Gasteiger partial charge in [-0.05, 0) is 45.9 Å². The minimum atomic E-state index is -0.0759. The molecule has 0 radical (unpaired) electrons. The summed E-state index contributed by atoms with van der Waals surface area (Å²) in [7, 11) is 0. The molecule has 0 N–H and O–H groups in total. The zero-order valence-corrected chi connectivity index (χ0v) is 27.1. The van der Waals surface area contributed by atoms with Crippen LogP contribution in [0.2, 0.25) is 0 Å². The molecule has 1 aliphatic carbocycles. The molecule has 1 atom stereocenters. The molecule has 0 aliphatic heterocycles. The Morgan fingerprint density at radius 3 is 1.65 bits per heavy atom. The maximum Gasteiger partial charge on any atom is 0.164 e. The van der Waals surface area contributed by atoms with Crippen molar-refractivity contribution < 1.29 is 4.42 Å². The Hall–Kier alpha value is -5.87. The van der Waals surface area contributed by atoms with Crippen molar-refractivity contribution in [2.75, 3.05) is 0 Å². The van der Waals surface area contributed by atoms with Gasteiger partial charge in [-0.15, -0.1) is 0 Å². The average Bonchev–Trinajstić information content (AvgIpc) is 3.64. The lowest BCUT2D eigenvalue weighted by molar-refractivity contribution is 0.414. The summed E-state index contributed by atoms with van der Waals surface area (Å²) in [5.41, 5.74) is 12.1. The predicted molar refractivity (Wildman–Crippen MR) is 196 cm³/mol. The molecule has 0 amide bonds. The summed E-state index contributed by atoms with van der Waals surface area (Å²) < 4.78 is 6.75. The van der Waals surface area contributed by atoms with E-state index in [-0.39, 0.29) is 5.41 Å². The summed E-state index contributed by atoms with van der Waals surface area (Å²) in [6.45, 7) is 7.01. The summed E-state index contributed by atoms with van der Waals surface area (Å²) in [4.78, 5) is 14.7. The molecule has 9 rings (SSSR count). The summed E-state index contributed by atoms with van der Waals surface area (Å²) in [6, 6.07) is 48.6. The Labute approximate surface area is 279 Å². The van der Waals surface area contributed by atoms with Gasteiger partial charge < -0.3 is 4.42 Å². The van der Waals surface area contributed by atoms with E-state index in [1.807, 2.05) is 60.7 Å². The number of benzene rings is 6. The van der Waals surface area contributed by atoms with Gasteiger partial charge >= 0.3 is 0 Å². The molecule has 2 heterocycles. The van der Waals surface area contributed by atoms with Crippen LogP contribution in [0.15, 0.2) is 144 Å². The number of rotatable bonds is 5. The first-order chi connectivity index (χ1) is 23.5. The van der Waals surface area contributed by atoms with E-state index >= 15 is 0 Å². The standard InChI is InChI=1S/C44H33N3O/c1-27(2)44(3)37-20-11-10-17-33(37)35-25-36-34-19-12-18-32(40(34)48-39(36)26-38(35)44)28-21-23-31(24-22-28)43-46-41(29-13-6-4-7-14-29)45-42(47-43)30-15-8-5-9-16-30/h4-27H,1-3H3. The average molecular weight is 620 g/mol. The van der Waals surface area contributed by atoms with Gasteiger partial charge in [0.2, 0.25) is 0 Å². The van der Waals surface area contributed by atoms with Crippen molar-refractivity contribution in [1.29, 1.82) is 0 Å². The van der Waals surface area contributed by atoms with Crippen molar-refractivity contribution in [3.05, 3.63) is 151 Å². The zero-order valence-electron chi connectivity index (χ0n) is 27.1. The van der Waals surface area contributed by atoms with Crippen LogP contribution < -0.4 is 0 Å². The van der Waals surface area contributed by atoms with Crippen LogP contribution in [0.1, 0.15) is 31.9 Å². The van der Waals surface area contributed by atoms with E-state index in [1.54, 1.807) is 0 Å².